The van der Waals surface area contributed by atoms with Crippen LogP contribution < -0.4 is 9.47 Å². The Morgan fingerprint density at radius 2 is 2.16 bits per heavy atom. The van der Waals surface area contributed by atoms with E-state index in [0.717, 1.165) is 31.6 Å². The molecule has 1 saturated heterocycles. The van der Waals surface area contributed by atoms with E-state index in [1.54, 1.807) is 6.07 Å². The number of likely N-dealkylation sites (tertiary alicyclic amines) is 1. The molecule has 0 saturated carbocycles. The molecule has 2 aliphatic rings. The number of hydrogen-bond donors (Lipinski definition) is 0. The molecule has 0 aliphatic carbocycles. The number of amides is 1. The van der Waals surface area contributed by atoms with E-state index < -0.39 is 0 Å². The maximum absolute atomic E-state index is 12.6. The van der Waals surface area contributed by atoms with Gasteiger partial charge in [0.15, 0.2) is 11.5 Å². The van der Waals surface area contributed by atoms with Crippen LogP contribution in [-0.4, -0.2) is 30.2 Å². The summed E-state index contributed by atoms with van der Waals surface area (Å²) in [5, 5.41) is 0. The van der Waals surface area contributed by atoms with Crippen LogP contribution in [0.1, 0.15) is 43.0 Å². The van der Waals surface area contributed by atoms with Crippen molar-refractivity contribution in [1.82, 2.24) is 4.90 Å². The third-order valence-corrected chi connectivity index (χ3v) is 3.98. The van der Waals surface area contributed by atoms with Crippen LogP contribution in [0.3, 0.4) is 0 Å². The monoisotopic (exact) mass is 261 g/mol. The molecule has 1 atom stereocenters. The number of hydrogen-bond acceptors (Lipinski definition) is 3. The van der Waals surface area contributed by atoms with Crippen LogP contribution in [-0.2, 0) is 0 Å². The molecule has 4 heteroatoms. The minimum atomic E-state index is 0.116. The summed E-state index contributed by atoms with van der Waals surface area (Å²) in [6.07, 6.45) is 4.47. The van der Waals surface area contributed by atoms with Crippen molar-refractivity contribution in [2.45, 2.75) is 38.6 Å². The Balaban J connectivity index is 1.82. The van der Waals surface area contributed by atoms with Crippen LogP contribution in [0.4, 0.5) is 0 Å². The highest BCUT2D eigenvalue weighted by Gasteiger charge is 2.27. The maximum atomic E-state index is 12.6. The summed E-state index contributed by atoms with van der Waals surface area (Å²) in [5.41, 5.74) is 0.699. The number of nitrogens with zero attached hydrogens (tertiary/aromatic N) is 1. The van der Waals surface area contributed by atoms with Crippen LogP contribution in [0, 0.1) is 0 Å². The summed E-state index contributed by atoms with van der Waals surface area (Å²) in [5.74, 6) is 1.52. The van der Waals surface area contributed by atoms with Gasteiger partial charge in [0.2, 0.25) is 6.79 Å². The molecule has 2 heterocycles. The lowest BCUT2D eigenvalue weighted by Crippen LogP contribution is -2.43. The van der Waals surface area contributed by atoms with E-state index in [1.807, 2.05) is 17.0 Å². The van der Waals surface area contributed by atoms with Crippen molar-refractivity contribution >= 4 is 5.91 Å². The average Bonchev–Trinajstić information content (AvgIpc) is 2.93. The molecular weight excluding hydrogens is 242 g/mol. The predicted octanol–water partition coefficient (Wildman–Crippen LogP) is 2.82. The van der Waals surface area contributed by atoms with E-state index in [2.05, 4.69) is 6.92 Å². The molecule has 1 aromatic carbocycles. The van der Waals surface area contributed by atoms with E-state index in [4.69, 9.17) is 9.47 Å². The Labute approximate surface area is 113 Å². The van der Waals surface area contributed by atoms with Crippen LogP contribution >= 0.6 is 0 Å². The van der Waals surface area contributed by atoms with Gasteiger partial charge in [-0.05, 0) is 43.9 Å². The number of carbonyl (C=O) groups is 1. The molecular formula is C15H19NO3. The van der Waals surface area contributed by atoms with E-state index in [-0.39, 0.29) is 12.7 Å². The largest absolute Gasteiger partial charge is 0.454 e. The summed E-state index contributed by atoms with van der Waals surface area (Å²) in [7, 11) is 0. The molecule has 3 rings (SSSR count). The summed E-state index contributed by atoms with van der Waals surface area (Å²) in [4.78, 5) is 14.6. The van der Waals surface area contributed by atoms with Gasteiger partial charge in [-0.3, -0.25) is 4.79 Å². The minimum absolute atomic E-state index is 0.116. The number of ether oxygens (including phenoxy) is 2. The highest BCUT2D eigenvalue weighted by molar-refractivity contribution is 5.95. The third kappa shape index (κ3) is 2.27. The van der Waals surface area contributed by atoms with E-state index in [1.165, 1.54) is 6.42 Å². The topological polar surface area (TPSA) is 38.8 Å². The lowest BCUT2D eigenvalue weighted by molar-refractivity contribution is 0.0607. The summed E-state index contributed by atoms with van der Waals surface area (Å²) < 4.78 is 10.6. The van der Waals surface area contributed by atoms with Crippen LogP contribution in [0.5, 0.6) is 11.5 Å². The normalized spacial score (nSPS) is 21.5. The Bertz CT molecular complexity index is 486. The summed E-state index contributed by atoms with van der Waals surface area (Å²) in [6, 6.07) is 5.83. The second kappa shape index (κ2) is 5.11. The van der Waals surface area contributed by atoms with Crippen molar-refractivity contribution in [3.05, 3.63) is 23.8 Å². The molecule has 19 heavy (non-hydrogen) atoms. The zero-order valence-electron chi connectivity index (χ0n) is 11.2. The van der Waals surface area contributed by atoms with Gasteiger partial charge in [0.05, 0.1) is 0 Å². The van der Waals surface area contributed by atoms with Gasteiger partial charge in [0, 0.05) is 18.2 Å². The summed E-state index contributed by atoms with van der Waals surface area (Å²) >= 11 is 0. The van der Waals surface area contributed by atoms with Crippen molar-refractivity contribution in [1.29, 1.82) is 0 Å². The van der Waals surface area contributed by atoms with Crippen LogP contribution in [0.25, 0.3) is 0 Å². The van der Waals surface area contributed by atoms with Gasteiger partial charge in [-0.1, -0.05) is 6.92 Å². The molecule has 102 valence electrons. The lowest BCUT2D eigenvalue weighted by Gasteiger charge is -2.35. The average molecular weight is 261 g/mol. The second-order valence-electron chi connectivity index (χ2n) is 5.12. The first kappa shape index (κ1) is 12.3. The van der Waals surface area contributed by atoms with Crippen molar-refractivity contribution in [3.63, 3.8) is 0 Å². The van der Waals surface area contributed by atoms with Gasteiger partial charge in [-0.25, -0.2) is 0 Å². The van der Waals surface area contributed by atoms with Crippen molar-refractivity contribution < 1.29 is 14.3 Å². The van der Waals surface area contributed by atoms with Gasteiger partial charge in [0.1, 0.15) is 0 Å². The van der Waals surface area contributed by atoms with Gasteiger partial charge in [-0.2, -0.15) is 0 Å². The van der Waals surface area contributed by atoms with Crippen molar-refractivity contribution in [3.8, 4) is 11.5 Å². The number of piperidine rings is 1. The quantitative estimate of drug-likeness (QED) is 0.821. The molecule has 0 radical (unpaired) electrons. The first-order valence-corrected chi connectivity index (χ1v) is 7.00. The highest BCUT2D eigenvalue weighted by atomic mass is 16.7. The smallest absolute Gasteiger partial charge is 0.254 e. The SMILES string of the molecule is CC[C@H]1CCCCN1C(=O)c1ccc2c(c1)OCO2. The van der Waals surface area contributed by atoms with Crippen molar-refractivity contribution in [2.75, 3.05) is 13.3 Å². The maximum Gasteiger partial charge on any atom is 0.254 e. The fourth-order valence-electron chi connectivity index (χ4n) is 2.89. The Morgan fingerprint density at radius 1 is 1.32 bits per heavy atom. The van der Waals surface area contributed by atoms with Gasteiger partial charge >= 0.3 is 0 Å². The first-order valence-electron chi connectivity index (χ1n) is 7.00. The number of rotatable bonds is 2. The molecule has 0 N–H and O–H groups in total. The number of fused-ring (bicyclic) bond motifs is 1. The molecule has 1 aromatic rings. The molecule has 0 aromatic heterocycles. The number of carbonyl (C=O) groups excluding carboxylic acids is 1. The zero-order chi connectivity index (χ0) is 13.2. The van der Waals surface area contributed by atoms with Gasteiger partial charge < -0.3 is 14.4 Å². The molecule has 0 unspecified atom stereocenters. The predicted molar refractivity (Wildman–Crippen MR) is 71.5 cm³/mol. The fraction of sp³-hybridized carbons (Fsp3) is 0.533. The number of benzene rings is 1. The molecule has 1 amide bonds. The van der Waals surface area contributed by atoms with Gasteiger partial charge in [-0.15, -0.1) is 0 Å². The minimum Gasteiger partial charge on any atom is -0.454 e. The van der Waals surface area contributed by atoms with Crippen LogP contribution in [0.15, 0.2) is 18.2 Å². The molecule has 0 bridgehead atoms. The van der Waals surface area contributed by atoms with Gasteiger partial charge in [0.25, 0.3) is 5.91 Å². The molecule has 1 fully saturated rings. The standard InChI is InChI=1S/C15H19NO3/c1-2-12-5-3-4-8-16(12)15(17)11-6-7-13-14(9-11)19-10-18-13/h6-7,9,12H,2-5,8,10H2,1H3/t12-/m0/s1. The Kier molecular flexibility index (Phi) is 3.32. The molecule has 0 spiro atoms. The Hall–Kier alpha value is -1.71. The second-order valence-corrected chi connectivity index (χ2v) is 5.12. The molecule has 4 nitrogen and oxygen atoms in total. The van der Waals surface area contributed by atoms with Crippen LogP contribution in [0.2, 0.25) is 0 Å². The van der Waals surface area contributed by atoms with E-state index in [0.29, 0.717) is 17.4 Å². The highest BCUT2D eigenvalue weighted by Crippen LogP contribution is 2.33. The van der Waals surface area contributed by atoms with E-state index >= 15 is 0 Å². The zero-order valence-corrected chi connectivity index (χ0v) is 11.2. The summed E-state index contributed by atoms with van der Waals surface area (Å²) in [6.45, 7) is 3.26. The molecule has 2 aliphatic heterocycles. The Morgan fingerprint density at radius 3 is 3.00 bits per heavy atom. The van der Waals surface area contributed by atoms with Crippen molar-refractivity contribution in [2.24, 2.45) is 0 Å². The third-order valence-electron chi connectivity index (χ3n) is 3.98. The fourth-order valence-corrected chi connectivity index (χ4v) is 2.89. The lowest BCUT2D eigenvalue weighted by atomic mass is 9.99. The van der Waals surface area contributed by atoms with E-state index in [9.17, 15) is 4.79 Å². The first-order chi connectivity index (χ1) is 9.29.